The summed E-state index contributed by atoms with van der Waals surface area (Å²) in [4.78, 5) is 15.5. The van der Waals surface area contributed by atoms with Crippen LogP contribution in [0.3, 0.4) is 0 Å². The van der Waals surface area contributed by atoms with E-state index >= 15 is 0 Å². The Morgan fingerprint density at radius 1 is 1.32 bits per heavy atom. The molecule has 100 valence electrons. The van der Waals surface area contributed by atoms with Crippen molar-refractivity contribution < 1.29 is 18.0 Å². The molecule has 0 fully saturated rings. The average molecular weight is 270 g/mol. The van der Waals surface area contributed by atoms with E-state index < -0.39 is 18.6 Å². The molecule has 8 heteroatoms. The van der Waals surface area contributed by atoms with Gasteiger partial charge in [-0.15, -0.1) is 0 Å². The van der Waals surface area contributed by atoms with E-state index in [1.807, 2.05) is 0 Å². The summed E-state index contributed by atoms with van der Waals surface area (Å²) in [5.41, 5.74) is 0.560. The Morgan fingerprint density at radius 2 is 2.00 bits per heavy atom. The van der Waals surface area contributed by atoms with E-state index in [2.05, 4.69) is 15.4 Å². The fourth-order valence-corrected chi connectivity index (χ4v) is 1.40. The van der Waals surface area contributed by atoms with Crippen molar-refractivity contribution in [1.82, 2.24) is 14.8 Å². The van der Waals surface area contributed by atoms with Crippen LogP contribution < -0.4 is 5.32 Å². The highest BCUT2D eigenvalue weighted by molar-refractivity contribution is 6.03. The third-order valence-electron chi connectivity index (χ3n) is 2.17. The zero-order valence-corrected chi connectivity index (χ0v) is 9.55. The third kappa shape index (κ3) is 3.80. The lowest BCUT2D eigenvalue weighted by Crippen LogP contribution is -2.18. The summed E-state index contributed by atoms with van der Waals surface area (Å²) in [7, 11) is 0. The Labute approximate surface area is 106 Å². The van der Waals surface area contributed by atoms with Crippen LogP contribution in [0, 0.1) is 0 Å². The van der Waals surface area contributed by atoms with Gasteiger partial charge in [0, 0.05) is 24.2 Å². The Bertz CT molecular complexity index is 565. The van der Waals surface area contributed by atoms with Crippen molar-refractivity contribution in [1.29, 1.82) is 0 Å². The molecular weight excluding hydrogens is 261 g/mol. The highest BCUT2D eigenvalue weighted by Crippen LogP contribution is 2.18. The number of hydrogen-bond donors (Lipinski definition) is 1. The number of carbonyl (C=O) groups is 1. The molecule has 0 unspecified atom stereocenters. The second kappa shape index (κ2) is 5.09. The fraction of sp³-hybridized carbons (Fsp3) is 0.182. The predicted octanol–water partition coefficient (Wildman–Crippen LogP) is 2.09. The molecule has 2 heterocycles. The molecule has 0 aliphatic rings. The van der Waals surface area contributed by atoms with E-state index in [1.54, 1.807) is 0 Å². The lowest BCUT2D eigenvalue weighted by Gasteiger charge is -2.05. The SMILES string of the molecule is O=C(Nc1cnn(CC(F)(F)F)c1)c1ccncc1. The minimum absolute atomic E-state index is 0.200. The maximum absolute atomic E-state index is 12.1. The van der Waals surface area contributed by atoms with Gasteiger partial charge in [-0.25, -0.2) is 0 Å². The second-order valence-electron chi connectivity index (χ2n) is 3.73. The van der Waals surface area contributed by atoms with E-state index in [9.17, 15) is 18.0 Å². The third-order valence-corrected chi connectivity index (χ3v) is 2.17. The van der Waals surface area contributed by atoms with Crippen LogP contribution >= 0.6 is 0 Å². The molecule has 2 aromatic heterocycles. The lowest BCUT2D eigenvalue weighted by molar-refractivity contribution is -0.142. The van der Waals surface area contributed by atoms with Crippen molar-refractivity contribution >= 4 is 11.6 Å². The second-order valence-corrected chi connectivity index (χ2v) is 3.73. The molecule has 0 bridgehead atoms. The van der Waals surface area contributed by atoms with Gasteiger partial charge in [0.05, 0.1) is 11.9 Å². The van der Waals surface area contributed by atoms with E-state index in [4.69, 9.17) is 0 Å². The van der Waals surface area contributed by atoms with Crippen LogP contribution in [0.4, 0.5) is 18.9 Å². The quantitative estimate of drug-likeness (QED) is 0.929. The Morgan fingerprint density at radius 3 is 2.63 bits per heavy atom. The molecule has 1 N–H and O–H groups in total. The van der Waals surface area contributed by atoms with Crippen LogP contribution in [0.2, 0.25) is 0 Å². The molecule has 0 aliphatic heterocycles. The minimum Gasteiger partial charge on any atom is -0.319 e. The van der Waals surface area contributed by atoms with E-state index in [0.717, 1.165) is 12.4 Å². The first-order valence-electron chi connectivity index (χ1n) is 5.25. The molecule has 19 heavy (non-hydrogen) atoms. The van der Waals surface area contributed by atoms with Crippen molar-refractivity contribution in [2.24, 2.45) is 0 Å². The van der Waals surface area contributed by atoms with Gasteiger partial charge in [0.2, 0.25) is 0 Å². The van der Waals surface area contributed by atoms with Crippen LogP contribution in [0.5, 0.6) is 0 Å². The smallest absolute Gasteiger partial charge is 0.319 e. The molecule has 0 radical (unpaired) electrons. The number of aromatic nitrogens is 3. The van der Waals surface area contributed by atoms with Crippen molar-refractivity contribution in [3.8, 4) is 0 Å². The molecule has 1 amide bonds. The van der Waals surface area contributed by atoms with Gasteiger partial charge in [0.25, 0.3) is 5.91 Å². The summed E-state index contributed by atoms with van der Waals surface area (Å²) >= 11 is 0. The van der Waals surface area contributed by atoms with Gasteiger partial charge in [-0.2, -0.15) is 18.3 Å². The molecule has 0 saturated heterocycles. The van der Waals surface area contributed by atoms with Crippen LogP contribution in [0.15, 0.2) is 36.9 Å². The van der Waals surface area contributed by atoms with Crippen molar-refractivity contribution in [2.75, 3.05) is 5.32 Å². The number of halogens is 3. The van der Waals surface area contributed by atoms with Gasteiger partial charge in [-0.3, -0.25) is 14.5 Å². The van der Waals surface area contributed by atoms with Crippen molar-refractivity contribution in [3.05, 3.63) is 42.5 Å². The maximum atomic E-state index is 12.1. The Kier molecular flexibility index (Phi) is 3.50. The first kappa shape index (κ1) is 13.1. The van der Waals surface area contributed by atoms with Gasteiger partial charge in [0.1, 0.15) is 6.54 Å². The van der Waals surface area contributed by atoms with Gasteiger partial charge >= 0.3 is 6.18 Å². The molecule has 0 atom stereocenters. The standard InChI is InChI=1S/C11H9F3N4O/c12-11(13,14)7-18-6-9(5-16-18)17-10(19)8-1-3-15-4-2-8/h1-6H,7H2,(H,17,19). The summed E-state index contributed by atoms with van der Waals surface area (Å²) in [6.45, 7) is -1.20. The molecule has 0 spiro atoms. The number of nitrogens with one attached hydrogen (secondary N) is 1. The number of alkyl halides is 3. The van der Waals surface area contributed by atoms with Crippen LogP contribution in [-0.4, -0.2) is 26.8 Å². The van der Waals surface area contributed by atoms with E-state index in [1.165, 1.54) is 24.5 Å². The zero-order chi connectivity index (χ0) is 13.9. The number of anilines is 1. The molecule has 0 aliphatic carbocycles. The van der Waals surface area contributed by atoms with Crippen LogP contribution in [-0.2, 0) is 6.54 Å². The monoisotopic (exact) mass is 270 g/mol. The van der Waals surface area contributed by atoms with E-state index in [-0.39, 0.29) is 5.69 Å². The number of carbonyl (C=O) groups excluding carboxylic acids is 1. The first-order valence-corrected chi connectivity index (χ1v) is 5.25. The highest BCUT2D eigenvalue weighted by atomic mass is 19.4. The summed E-state index contributed by atoms with van der Waals surface area (Å²) < 4.78 is 37.1. The van der Waals surface area contributed by atoms with Crippen LogP contribution in [0.1, 0.15) is 10.4 Å². The molecule has 5 nitrogen and oxygen atoms in total. The number of rotatable bonds is 3. The molecule has 0 saturated carbocycles. The highest BCUT2D eigenvalue weighted by Gasteiger charge is 2.28. The largest absolute Gasteiger partial charge is 0.408 e. The number of nitrogens with zero attached hydrogens (tertiary/aromatic N) is 3. The molecular formula is C11H9F3N4O. The number of hydrogen-bond acceptors (Lipinski definition) is 3. The fourth-order valence-electron chi connectivity index (χ4n) is 1.40. The predicted molar refractivity (Wildman–Crippen MR) is 60.5 cm³/mol. The first-order chi connectivity index (χ1) is 8.94. The summed E-state index contributed by atoms with van der Waals surface area (Å²) in [6.07, 6.45) is 0.819. The average Bonchev–Trinajstić information content (AvgIpc) is 2.75. The number of pyridine rings is 1. The van der Waals surface area contributed by atoms with Gasteiger partial charge in [-0.1, -0.05) is 0 Å². The minimum atomic E-state index is -4.35. The number of amides is 1. The van der Waals surface area contributed by atoms with Gasteiger partial charge in [-0.05, 0) is 12.1 Å². The summed E-state index contributed by atoms with van der Waals surface area (Å²) in [6, 6.07) is 2.99. The Balaban J connectivity index is 2.03. The normalized spacial score (nSPS) is 11.3. The summed E-state index contributed by atoms with van der Waals surface area (Å²) in [5, 5.41) is 5.96. The lowest BCUT2D eigenvalue weighted by atomic mass is 10.2. The van der Waals surface area contributed by atoms with E-state index in [0.29, 0.717) is 10.2 Å². The Hall–Kier alpha value is -2.38. The van der Waals surface area contributed by atoms with Crippen molar-refractivity contribution in [3.63, 3.8) is 0 Å². The zero-order valence-electron chi connectivity index (χ0n) is 9.55. The molecule has 2 aromatic rings. The molecule has 0 aromatic carbocycles. The van der Waals surface area contributed by atoms with Crippen LogP contribution in [0.25, 0.3) is 0 Å². The maximum Gasteiger partial charge on any atom is 0.408 e. The summed E-state index contributed by atoms with van der Waals surface area (Å²) in [5.74, 6) is -0.436. The van der Waals surface area contributed by atoms with Gasteiger partial charge < -0.3 is 5.32 Å². The molecule has 2 rings (SSSR count). The van der Waals surface area contributed by atoms with Crippen molar-refractivity contribution in [2.45, 2.75) is 12.7 Å². The topological polar surface area (TPSA) is 59.8 Å². The van der Waals surface area contributed by atoms with Gasteiger partial charge in [0.15, 0.2) is 0 Å².